The van der Waals surface area contributed by atoms with E-state index in [4.69, 9.17) is 11.5 Å². The zero-order chi connectivity index (χ0) is 17.9. The van der Waals surface area contributed by atoms with Crippen molar-refractivity contribution in [2.24, 2.45) is 21.5 Å². The second kappa shape index (κ2) is 7.13. The molecule has 1 heterocycles. The van der Waals surface area contributed by atoms with Crippen LogP contribution in [0.4, 0.5) is 5.69 Å². The minimum atomic E-state index is -0.493. The second-order valence-electron chi connectivity index (χ2n) is 6.62. The summed E-state index contributed by atoms with van der Waals surface area (Å²) < 4.78 is 0. The van der Waals surface area contributed by atoms with Gasteiger partial charge in [-0.05, 0) is 50.3 Å². The number of nitrogens with one attached hydrogen (secondary N) is 1. The largest absolute Gasteiger partial charge is 0.369 e. The van der Waals surface area contributed by atoms with Crippen LogP contribution in [-0.4, -0.2) is 30.0 Å². The van der Waals surface area contributed by atoms with Crippen LogP contribution in [0.25, 0.3) is 0 Å². The van der Waals surface area contributed by atoms with Gasteiger partial charge in [0, 0.05) is 17.8 Å². The lowest BCUT2D eigenvalue weighted by molar-refractivity contribution is 0.0953. The number of rotatable bonds is 4. The molecule has 1 saturated carbocycles. The van der Waals surface area contributed by atoms with Gasteiger partial charge in [-0.3, -0.25) is 9.69 Å². The number of guanidine groups is 2. The van der Waals surface area contributed by atoms with Crippen molar-refractivity contribution in [2.75, 3.05) is 11.4 Å². The van der Waals surface area contributed by atoms with Crippen molar-refractivity contribution in [1.29, 1.82) is 0 Å². The molecular formula is C18H26N6O. The van der Waals surface area contributed by atoms with Crippen LogP contribution in [0.5, 0.6) is 0 Å². The van der Waals surface area contributed by atoms with Gasteiger partial charge < -0.3 is 16.8 Å². The Kier molecular flexibility index (Phi) is 4.92. The molecule has 7 nitrogen and oxygen atoms in total. The molecular weight excluding hydrogens is 316 g/mol. The maximum absolute atomic E-state index is 12.3. The van der Waals surface area contributed by atoms with Crippen LogP contribution in [0, 0.1) is 0 Å². The molecule has 5 N–H and O–H groups in total. The van der Waals surface area contributed by atoms with Crippen LogP contribution in [-0.2, 0) is 0 Å². The van der Waals surface area contributed by atoms with E-state index in [1.54, 1.807) is 6.07 Å². The van der Waals surface area contributed by atoms with Crippen molar-refractivity contribution in [2.45, 2.75) is 51.1 Å². The van der Waals surface area contributed by atoms with Gasteiger partial charge in [-0.1, -0.05) is 19.4 Å². The summed E-state index contributed by atoms with van der Waals surface area (Å²) in [5, 5.41) is 2.90. The third-order valence-corrected chi connectivity index (χ3v) is 4.75. The number of aliphatic imine (C=N–C) groups is 2. The zero-order valence-corrected chi connectivity index (χ0v) is 14.7. The first-order valence-electron chi connectivity index (χ1n) is 8.94. The minimum Gasteiger partial charge on any atom is -0.369 e. The van der Waals surface area contributed by atoms with Crippen molar-refractivity contribution in [3.63, 3.8) is 0 Å². The van der Waals surface area contributed by atoms with Gasteiger partial charge >= 0.3 is 0 Å². The lowest BCUT2D eigenvalue weighted by Gasteiger charge is -2.45. The van der Waals surface area contributed by atoms with E-state index >= 15 is 0 Å². The normalized spacial score (nSPS) is 19.3. The van der Waals surface area contributed by atoms with Gasteiger partial charge in [-0.25, -0.2) is 4.99 Å². The molecule has 0 bridgehead atoms. The number of hydrogen-bond acceptors (Lipinski definition) is 6. The van der Waals surface area contributed by atoms with Crippen LogP contribution in [0.15, 0.2) is 34.3 Å². The van der Waals surface area contributed by atoms with Crippen LogP contribution in [0.3, 0.4) is 0 Å². The van der Waals surface area contributed by atoms with Crippen molar-refractivity contribution in [3.05, 3.63) is 29.8 Å². The Bertz CT molecular complexity index is 705. The number of anilines is 1. The maximum Gasteiger partial charge on any atom is 0.251 e. The van der Waals surface area contributed by atoms with Crippen LogP contribution >= 0.6 is 0 Å². The molecule has 1 aromatic rings. The summed E-state index contributed by atoms with van der Waals surface area (Å²) >= 11 is 0. The summed E-state index contributed by atoms with van der Waals surface area (Å²) in [4.78, 5) is 23.1. The number of carbonyl (C=O) groups excluding carboxylic acids is 1. The second-order valence-corrected chi connectivity index (χ2v) is 6.62. The first-order chi connectivity index (χ1) is 12.1. The van der Waals surface area contributed by atoms with E-state index in [-0.39, 0.29) is 11.9 Å². The molecule has 1 amide bonds. The van der Waals surface area contributed by atoms with Gasteiger partial charge in [-0.15, -0.1) is 0 Å². The predicted octanol–water partition coefficient (Wildman–Crippen LogP) is 1.94. The Balaban J connectivity index is 1.96. The number of nitrogens with two attached hydrogens (primary N) is 2. The van der Waals surface area contributed by atoms with E-state index in [9.17, 15) is 4.79 Å². The lowest BCUT2D eigenvalue weighted by Crippen LogP contribution is -2.58. The first kappa shape index (κ1) is 17.3. The number of benzene rings is 1. The first-order valence-corrected chi connectivity index (χ1v) is 8.94. The molecule has 1 spiro atoms. The highest BCUT2D eigenvalue weighted by Crippen LogP contribution is 2.39. The number of carbonyl (C=O) groups is 1. The van der Waals surface area contributed by atoms with Gasteiger partial charge in [-0.2, -0.15) is 4.99 Å². The van der Waals surface area contributed by atoms with E-state index in [1.165, 1.54) is 6.42 Å². The molecule has 0 atom stereocenters. The Morgan fingerprint density at radius 2 is 2.04 bits per heavy atom. The Morgan fingerprint density at radius 3 is 2.76 bits per heavy atom. The van der Waals surface area contributed by atoms with Crippen LogP contribution in [0.1, 0.15) is 55.8 Å². The molecule has 1 aliphatic heterocycles. The minimum absolute atomic E-state index is 0.0862. The Labute approximate surface area is 148 Å². The molecule has 7 heteroatoms. The summed E-state index contributed by atoms with van der Waals surface area (Å²) in [6, 6.07) is 7.45. The molecule has 2 aliphatic rings. The molecule has 0 radical (unpaired) electrons. The standard InChI is InChI=1S/C18H26N6O/c1-2-11-21-15(25)13-7-6-8-14(12-13)24-17(20)22-16(19)23-18(24)9-4-3-5-10-18/h6-8,12H,2-5,9-11H2,1H3,(H,21,25)(H4,19,20,22,23). The molecule has 25 heavy (non-hydrogen) atoms. The monoisotopic (exact) mass is 342 g/mol. The summed E-state index contributed by atoms with van der Waals surface area (Å²) in [7, 11) is 0. The third-order valence-electron chi connectivity index (χ3n) is 4.75. The van der Waals surface area contributed by atoms with Gasteiger partial charge in [0.25, 0.3) is 5.91 Å². The van der Waals surface area contributed by atoms with Crippen molar-refractivity contribution in [1.82, 2.24) is 5.32 Å². The van der Waals surface area contributed by atoms with Gasteiger partial charge in [0.15, 0.2) is 0 Å². The molecule has 0 saturated heterocycles. The Hall–Kier alpha value is -2.57. The summed E-state index contributed by atoms with van der Waals surface area (Å²) in [6.07, 6.45) is 5.95. The van der Waals surface area contributed by atoms with Gasteiger partial charge in [0.2, 0.25) is 11.9 Å². The van der Waals surface area contributed by atoms with Crippen molar-refractivity contribution in [3.8, 4) is 0 Å². The van der Waals surface area contributed by atoms with Crippen LogP contribution < -0.4 is 21.7 Å². The fourth-order valence-electron chi connectivity index (χ4n) is 3.62. The summed E-state index contributed by atoms with van der Waals surface area (Å²) in [6.45, 7) is 2.68. The zero-order valence-electron chi connectivity index (χ0n) is 14.7. The molecule has 1 aromatic carbocycles. The van der Waals surface area contributed by atoms with Gasteiger partial charge in [0.1, 0.15) is 5.66 Å². The lowest BCUT2D eigenvalue weighted by atomic mass is 9.87. The number of hydrogen-bond donors (Lipinski definition) is 3. The number of nitrogens with zero attached hydrogens (tertiary/aromatic N) is 3. The van der Waals surface area contributed by atoms with Gasteiger partial charge in [0.05, 0.1) is 0 Å². The molecule has 3 rings (SSSR count). The predicted molar refractivity (Wildman–Crippen MR) is 101 cm³/mol. The fourth-order valence-corrected chi connectivity index (χ4v) is 3.62. The molecule has 134 valence electrons. The van der Waals surface area contributed by atoms with E-state index in [2.05, 4.69) is 15.3 Å². The average molecular weight is 342 g/mol. The number of amides is 1. The highest BCUT2D eigenvalue weighted by atomic mass is 16.1. The molecule has 0 aromatic heterocycles. The summed E-state index contributed by atoms with van der Waals surface area (Å²) in [5.41, 5.74) is 13.1. The highest BCUT2D eigenvalue weighted by Gasteiger charge is 2.42. The van der Waals surface area contributed by atoms with Crippen molar-refractivity contribution >= 4 is 23.5 Å². The summed E-state index contributed by atoms with van der Waals surface area (Å²) in [5.74, 6) is 0.477. The average Bonchev–Trinajstić information content (AvgIpc) is 2.60. The van der Waals surface area contributed by atoms with Crippen molar-refractivity contribution < 1.29 is 4.79 Å². The van der Waals surface area contributed by atoms with E-state index in [0.29, 0.717) is 18.1 Å². The smallest absolute Gasteiger partial charge is 0.251 e. The SMILES string of the molecule is CCCNC(=O)c1cccc(N2C(N)=NC(N)=NC23CCCCC3)c1. The van der Waals surface area contributed by atoms with E-state index < -0.39 is 5.66 Å². The molecule has 1 fully saturated rings. The Morgan fingerprint density at radius 1 is 1.28 bits per heavy atom. The van der Waals surface area contributed by atoms with E-state index in [0.717, 1.165) is 37.8 Å². The molecule has 1 aliphatic carbocycles. The van der Waals surface area contributed by atoms with Crippen LogP contribution in [0.2, 0.25) is 0 Å². The third kappa shape index (κ3) is 3.45. The quantitative estimate of drug-likeness (QED) is 0.776. The van der Waals surface area contributed by atoms with E-state index in [1.807, 2.05) is 30.0 Å². The maximum atomic E-state index is 12.3. The molecule has 0 unspecified atom stereocenters. The topological polar surface area (TPSA) is 109 Å². The highest BCUT2D eigenvalue weighted by molar-refractivity contribution is 6.06. The fraction of sp³-hybridized carbons (Fsp3) is 0.500.